The SMILES string of the molecule is CC(O)(Cn1cncn1)C(C)(C)SC1COC(c2ccccc2)OC1. The molecule has 1 saturated heterocycles. The zero-order valence-corrected chi connectivity index (χ0v) is 15.6. The minimum Gasteiger partial charge on any atom is -0.387 e. The van der Waals surface area contributed by atoms with Gasteiger partial charge in [0.2, 0.25) is 0 Å². The molecule has 1 aliphatic rings. The number of rotatable bonds is 6. The van der Waals surface area contributed by atoms with E-state index in [-0.39, 0.29) is 11.5 Å². The average Bonchev–Trinajstić information content (AvgIpc) is 3.08. The maximum atomic E-state index is 11.0. The molecule has 0 radical (unpaired) electrons. The molecule has 1 aromatic carbocycles. The molecule has 136 valence electrons. The van der Waals surface area contributed by atoms with Crippen molar-refractivity contribution in [1.29, 1.82) is 0 Å². The van der Waals surface area contributed by atoms with E-state index in [0.717, 1.165) is 5.56 Å². The van der Waals surface area contributed by atoms with E-state index in [4.69, 9.17) is 9.47 Å². The standard InChI is InChI=1S/C18H25N3O3S/c1-17(2,18(3,22)11-21-13-19-12-20-21)25-15-9-23-16(24-10-15)14-7-5-4-6-8-14/h4-8,12-13,15-16,22H,9-11H2,1-3H3. The molecule has 1 aliphatic heterocycles. The summed E-state index contributed by atoms with van der Waals surface area (Å²) in [5, 5.41) is 15.2. The lowest BCUT2D eigenvalue weighted by Gasteiger charge is -2.42. The predicted octanol–water partition coefficient (Wildman–Crippen LogP) is 2.66. The van der Waals surface area contributed by atoms with Gasteiger partial charge in [0, 0.05) is 10.3 Å². The smallest absolute Gasteiger partial charge is 0.183 e. The molecule has 0 spiro atoms. The highest BCUT2D eigenvalue weighted by Crippen LogP contribution is 2.41. The van der Waals surface area contributed by atoms with Crippen molar-refractivity contribution >= 4 is 11.8 Å². The second kappa shape index (κ2) is 7.45. The third-order valence-corrected chi connectivity index (χ3v) is 6.27. The first kappa shape index (κ1) is 18.4. The van der Waals surface area contributed by atoms with Crippen molar-refractivity contribution in [2.45, 2.75) is 49.2 Å². The second-order valence-electron chi connectivity index (χ2n) is 7.03. The predicted molar refractivity (Wildman–Crippen MR) is 97.2 cm³/mol. The molecule has 2 aromatic rings. The molecular weight excluding hydrogens is 338 g/mol. The van der Waals surface area contributed by atoms with Crippen LogP contribution in [0.2, 0.25) is 0 Å². The van der Waals surface area contributed by atoms with E-state index in [1.54, 1.807) is 22.8 Å². The maximum absolute atomic E-state index is 11.0. The van der Waals surface area contributed by atoms with Crippen molar-refractivity contribution < 1.29 is 14.6 Å². The molecule has 0 saturated carbocycles. The van der Waals surface area contributed by atoms with Crippen LogP contribution in [0.4, 0.5) is 0 Å². The van der Waals surface area contributed by atoms with Gasteiger partial charge in [0.25, 0.3) is 0 Å². The van der Waals surface area contributed by atoms with Crippen LogP contribution in [-0.2, 0) is 16.0 Å². The molecule has 0 amide bonds. The number of thioether (sulfide) groups is 1. The normalized spacial score (nSPS) is 24.0. The first-order chi connectivity index (χ1) is 11.9. The summed E-state index contributed by atoms with van der Waals surface area (Å²) in [6, 6.07) is 9.95. The number of aliphatic hydroxyl groups is 1. The average molecular weight is 363 g/mol. The van der Waals surface area contributed by atoms with Gasteiger partial charge in [-0.1, -0.05) is 30.3 Å². The van der Waals surface area contributed by atoms with E-state index in [0.29, 0.717) is 19.8 Å². The van der Waals surface area contributed by atoms with Crippen LogP contribution in [-0.4, -0.2) is 48.7 Å². The largest absolute Gasteiger partial charge is 0.387 e. The molecule has 0 bridgehead atoms. The molecule has 3 rings (SSSR count). The fourth-order valence-corrected chi connectivity index (χ4v) is 4.17. The lowest BCUT2D eigenvalue weighted by Crippen LogP contribution is -2.50. The Hall–Kier alpha value is -1.41. The summed E-state index contributed by atoms with van der Waals surface area (Å²) in [5.41, 5.74) is 0.0742. The summed E-state index contributed by atoms with van der Waals surface area (Å²) in [4.78, 5) is 3.94. The molecule has 6 nitrogen and oxygen atoms in total. The van der Waals surface area contributed by atoms with Crippen molar-refractivity contribution in [1.82, 2.24) is 14.8 Å². The summed E-state index contributed by atoms with van der Waals surface area (Å²) in [5.74, 6) is 0. The van der Waals surface area contributed by atoms with E-state index in [1.165, 1.54) is 6.33 Å². The van der Waals surface area contributed by atoms with Crippen LogP contribution < -0.4 is 0 Å². The van der Waals surface area contributed by atoms with Crippen LogP contribution >= 0.6 is 11.8 Å². The fraction of sp³-hybridized carbons (Fsp3) is 0.556. The third kappa shape index (κ3) is 4.41. The zero-order valence-electron chi connectivity index (χ0n) is 14.8. The Balaban J connectivity index is 1.56. The minimum atomic E-state index is -0.957. The summed E-state index contributed by atoms with van der Waals surface area (Å²) in [6.45, 7) is 7.48. The Morgan fingerprint density at radius 3 is 2.48 bits per heavy atom. The van der Waals surface area contributed by atoms with Gasteiger partial charge in [-0.25, -0.2) is 4.98 Å². The van der Waals surface area contributed by atoms with Gasteiger partial charge in [0.05, 0.1) is 30.6 Å². The van der Waals surface area contributed by atoms with E-state index in [1.807, 2.05) is 51.1 Å². The minimum absolute atomic E-state index is 0.164. The lowest BCUT2D eigenvalue weighted by atomic mass is 9.91. The first-order valence-corrected chi connectivity index (χ1v) is 9.26. The number of aromatic nitrogens is 3. The number of nitrogens with zero attached hydrogens (tertiary/aromatic N) is 3. The molecular formula is C18H25N3O3S. The molecule has 1 unspecified atom stereocenters. The van der Waals surface area contributed by atoms with Crippen molar-refractivity contribution in [3.63, 3.8) is 0 Å². The highest BCUT2D eigenvalue weighted by Gasteiger charge is 2.43. The number of ether oxygens (including phenoxy) is 2. The van der Waals surface area contributed by atoms with Gasteiger partial charge in [-0.3, -0.25) is 4.68 Å². The van der Waals surface area contributed by atoms with Crippen LogP contribution in [0, 0.1) is 0 Å². The zero-order chi connectivity index (χ0) is 17.9. The second-order valence-corrected chi connectivity index (χ2v) is 8.95. The van der Waals surface area contributed by atoms with Crippen LogP contribution in [0.25, 0.3) is 0 Å². The fourth-order valence-electron chi connectivity index (χ4n) is 2.72. The van der Waals surface area contributed by atoms with Crippen LogP contribution in [0.1, 0.15) is 32.6 Å². The van der Waals surface area contributed by atoms with Gasteiger partial charge in [-0.15, -0.1) is 11.8 Å². The van der Waals surface area contributed by atoms with Crippen LogP contribution in [0.3, 0.4) is 0 Å². The van der Waals surface area contributed by atoms with Gasteiger partial charge in [0.1, 0.15) is 12.7 Å². The molecule has 1 N–H and O–H groups in total. The molecule has 7 heteroatoms. The van der Waals surface area contributed by atoms with Crippen molar-refractivity contribution in [3.05, 3.63) is 48.5 Å². The summed E-state index contributed by atoms with van der Waals surface area (Å²) >= 11 is 1.69. The van der Waals surface area contributed by atoms with Crippen LogP contribution in [0.5, 0.6) is 0 Å². The number of benzene rings is 1. The van der Waals surface area contributed by atoms with Crippen LogP contribution in [0.15, 0.2) is 43.0 Å². The summed E-state index contributed by atoms with van der Waals surface area (Å²) < 4.78 is 13.0. The van der Waals surface area contributed by atoms with E-state index in [2.05, 4.69) is 10.1 Å². The molecule has 1 fully saturated rings. The Morgan fingerprint density at radius 1 is 1.20 bits per heavy atom. The van der Waals surface area contributed by atoms with Crippen molar-refractivity contribution in [2.24, 2.45) is 0 Å². The Kier molecular flexibility index (Phi) is 5.48. The van der Waals surface area contributed by atoms with Gasteiger partial charge in [0.15, 0.2) is 6.29 Å². The Labute approximate surface area is 152 Å². The van der Waals surface area contributed by atoms with E-state index < -0.39 is 10.3 Å². The van der Waals surface area contributed by atoms with Gasteiger partial charge in [-0.2, -0.15) is 5.10 Å². The highest BCUT2D eigenvalue weighted by atomic mass is 32.2. The van der Waals surface area contributed by atoms with Gasteiger partial charge >= 0.3 is 0 Å². The number of hydrogen-bond donors (Lipinski definition) is 1. The Bertz CT molecular complexity index is 653. The lowest BCUT2D eigenvalue weighted by molar-refractivity contribution is -0.180. The molecule has 25 heavy (non-hydrogen) atoms. The molecule has 1 aromatic heterocycles. The maximum Gasteiger partial charge on any atom is 0.183 e. The summed E-state index contributed by atoms with van der Waals surface area (Å²) in [6.07, 6.45) is 2.78. The topological polar surface area (TPSA) is 69.4 Å². The summed E-state index contributed by atoms with van der Waals surface area (Å²) in [7, 11) is 0. The molecule has 1 atom stereocenters. The quantitative estimate of drug-likeness (QED) is 0.851. The monoisotopic (exact) mass is 363 g/mol. The van der Waals surface area contributed by atoms with E-state index >= 15 is 0 Å². The van der Waals surface area contributed by atoms with Crippen molar-refractivity contribution in [3.8, 4) is 0 Å². The van der Waals surface area contributed by atoms with Gasteiger partial charge in [-0.05, 0) is 20.8 Å². The van der Waals surface area contributed by atoms with Gasteiger partial charge < -0.3 is 14.6 Å². The third-order valence-electron chi connectivity index (χ3n) is 4.63. The van der Waals surface area contributed by atoms with Crippen molar-refractivity contribution in [2.75, 3.05) is 13.2 Å². The molecule has 2 heterocycles. The Morgan fingerprint density at radius 2 is 1.88 bits per heavy atom. The number of hydrogen-bond acceptors (Lipinski definition) is 6. The first-order valence-electron chi connectivity index (χ1n) is 8.38. The molecule has 0 aliphatic carbocycles. The highest BCUT2D eigenvalue weighted by molar-refractivity contribution is 8.01. The van der Waals surface area contributed by atoms with E-state index in [9.17, 15) is 5.11 Å².